The van der Waals surface area contributed by atoms with E-state index in [0.29, 0.717) is 26.1 Å². The lowest BCUT2D eigenvalue weighted by molar-refractivity contribution is -0.128. The number of carbonyl (C=O) groups is 1. The van der Waals surface area contributed by atoms with E-state index < -0.39 is 15.8 Å². The molecule has 0 spiro atoms. The summed E-state index contributed by atoms with van der Waals surface area (Å²) in [6, 6.07) is 3.24. The maximum Gasteiger partial charge on any atom is 0.245 e. The van der Waals surface area contributed by atoms with Gasteiger partial charge in [-0.3, -0.25) is 4.79 Å². The van der Waals surface area contributed by atoms with E-state index in [9.17, 15) is 17.6 Å². The molecule has 1 heterocycles. The van der Waals surface area contributed by atoms with Crippen molar-refractivity contribution in [1.29, 1.82) is 0 Å². The van der Waals surface area contributed by atoms with E-state index in [1.54, 1.807) is 4.90 Å². The van der Waals surface area contributed by atoms with E-state index >= 15 is 0 Å². The molecule has 6 nitrogen and oxygen atoms in total. The van der Waals surface area contributed by atoms with Crippen molar-refractivity contribution in [2.24, 2.45) is 0 Å². The maximum atomic E-state index is 13.1. The summed E-state index contributed by atoms with van der Waals surface area (Å²) in [6.45, 7) is 2.85. The number of nitrogens with zero attached hydrogens (tertiary/aromatic N) is 2. The quantitative estimate of drug-likeness (QED) is 0.812. The van der Waals surface area contributed by atoms with Crippen LogP contribution in [0.25, 0.3) is 0 Å². The van der Waals surface area contributed by atoms with E-state index in [0.717, 1.165) is 12.1 Å². The average molecular weight is 315 g/mol. The van der Waals surface area contributed by atoms with Crippen molar-refractivity contribution in [1.82, 2.24) is 9.21 Å². The molecule has 1 saturated heterocycles. The predicted octanol–water partition coefficient (Wildman–Crippen LogP) is 0.651. The molecule has 1 aliphatic rings. The van der Waals surface area contributed by atoms with Crippen molar-refractivity contribution in [2.75, 3.05) is 31.9 Å². The van der Waals surface area contributed by atoms with Gasteiger partial charge in [0.25, 0.3) is 0 Å². The summed E-state index contributed by atoms with van der Waals surface area (Å²) in [6.07, 6.45) is 0.555. The highest BCUT2D eigenvalue weighted by molar-refractivity contribution is 7.89. The Bertz CT molecular complexity index is 648. The van der Waals surface area contributed by atoms with E-state index in [2.05, 4.69) is 0 Å². The molecule has 0 bridgehead atoms. The first-order valence-corrected chi connectivity index (χ1v) is 8.07. The summed E-state index contributed by atoms with van der Waals surface area (Å²) in [5.41, 5.74) is 5.51. The minimum atomic E-state index is -3.78. The Morgan fingerprint density at radius 3 is 2.57 bits per heavy atom. The molecule has 1 aromatic carbocycles. The van der Waals surface area contributed by atoms with Gasteiger partial charge in [-0.1, -0.05) is 0 Å². The van der Waals surface area contributed by atoms with Crippen LogP contribution in [0.2, 0.25) is 0 Å². The van der Waals surface area contributed by atoms with Gasteiger partial charge in [0.15, 0.2) is 0 Å². The first-order chi connectivity index (χ1) is 9.82. The highest BCUT2D eigenvalue weighted by Gasteiger charge is 2.29. The first-order valence-electron chi connectivity index (χ1n) is 6.63. The number of rotatable bonds is 2. The van der Waals surface area contributed by atoms with Gasteiger partial charge in [-0.2, -0.15) is 4.31 Å². The number of benzene rings is 1. The lowest BCUT2D eigenvalue weighted by Gasteiger charge is -2.21. The Kier molecular flexibility index (Phi) is 4.48. The zero-order valence-corrected chi connectivity index (χ0v) is 12.6. The fraction of sp³-hybridized carbons (Fsp3) is 0.462. The molecule has 0 unspecified atom stereocenters. The number of sulfonamides is 1. The summed E-state index contributed by atoms with van der Waals surface area (Å²) in [5.74, 6) is -0.652. The second kappa shape index (κ2) is 5.98. The third-order valence-electron chi connectivity index (χ3n) is 3.49. The van der Waals surface area contributed by atoms with Crippen molar-refractivity contribution >= 4 is 21.6 Å². The smallest absolute Gasteiger partial charge is 0.245 e. The Balaban J connectivity index is 2.25. The zero-order valence-electron chi connectivity index (χ0n) is 11.8. The van der Waals surface area contributed by atoms with Crippen molar-refractivity contribution in [3.63, 3.8) is 0 Å². The van der Waals surface area contributed by atoms with E-state index in [-0.39, 0.29) is 23.0 Å². The molecule has 2 rings (SSSR count). The van der Waals surface area contributed by atoms with Gasteiger partial charge < -0.3 is 10.6 Å². The van der Waals surface area contributed by atoms with Gasteiger partial charge >= 0.3 is 0 Å². The van der Waals surface area contributed by atoms with Crippen molar-refractivity contribution in [3.05, 3.63) is 24.0 Å². The molecule has 1 amide bonds. The Labute approximate surface area is 123 Å². The fourth-order valence-electron chi connectivity index (χ4n) is 2.34. The summed E-state index contributed by atoms with van der Waals surface area (Å²) in [7, 11) is -3.78. The van der Waals surface area contributed by atoms with Crippen LogP contribution in [0.4, 0.5) is 10.1 Å². The Hall–Kier alpha value is -1.67. The Morgan fingerprint density at radius 2 is 1.95 bits per heavy atom. The van der Waals surface area contributed by atoms with Crippen LogP contribution in [0.1, 0.15) is 13.3 Å². The molecule has 1 fully saturated rings. The lowest BCUT2D eigenvalue weighted by Crippen LogP contribution is -2.36. The van der Waals surface area contributed by atoms with Crippen molar-refractivity contribution in [2.45, 2.75) is 18.2 Å². The van der Waals surface area contributed by atoms with Gasteiger partial charge in [-0.25, -0.2) is 12.8 Å². The first kappa shape index (κ1) is 15.7. The standard InChI is InChI=1S/C13H18FN3O3S/c1-10(18)16-5-2-6-17(8-7-16)21(19,20)13-4-3-11(14)9-12(13)15/h3-4,9H,2,5-8,15H2,1H3. The highest BCUT2D eigenvalue weighted by Crippen LogP contribution is 2.24. The minimum absolute atomic E-state index is 0.0736. The second-order valence-electron chi connectivity index (χ2n) is 4.95. The summed E-state index contributed by atoms with van der Waals surface area (Å²) in [5, 5.41) is 0. The van der Waals surface area contributed by atoms with Gasteiger partial charge in [-0.05, 0) is 24.6 Å². The predicted molar refractivity (Wildman–Crippen MR) is 76.4 cm³/mol. The number of anilines is 1. The van der Waals surface area contributed by atoms with Crippen LogP contribution in [0.3, 0.4) is 0 Å². The number of halogens is 1. The number of carbonyl (C=O) groups excluding carboxylic acids is 1. The van der Waals surface area contributed by atoms with Gasteiger partial charge in [-0.15, -0.1) is 0 Å². The molecule has 8 heteroatoms. The van der Waals surface area contributed by atoms with Crippen LogP contribution < -0.4 is 5.73 Å². The van der Waals surface area contributed by atoms with Gasteiger partial charge in [0.1, 0.15) is 10.7 Å². The Morgan fingerprint density at radius 1 is 1.24 bits per heavy atom. The SMILES string of the molecule is CC(=O)N1CCCN(S(=O)(=O)c2ccc(F)cc2N)CC1. The molecule has 21 heavy (non-hydrogen) atoms. The minimum Gasteiger partial charge on any atom is -0.398 e. The monoisotopic (exact) mass is 315 g/mol. The topological polar surface area (TPSA) is 83.7 Å². The van der Waals surface area contributed by atoms with Crippen LogP contribution in [-0.2, 0) is 14.8 Å². The van der Waals surface area contributed by atoms with Crippen LogP contribution in [0, 0.1) is 5.82 Å². The molecular weight excluding hydrogens is 297 g/mol. The number of hydrogen-bond donors (Lipinski definition) is 1. The molecule has 0 atom stereocenters. The largest absolute Gasteiger partial charge is 0.398 e. The highest BCUT2D eigenvalue weighted by atomic mass is 32.2. The van der Waals surface area contributed by atoms with Crippen LogP contribution in [0.5, 0.6) is 0 Å². The molecule has 2 N–H and O–H groups in total. The van der Waals surface area contributed by atoms with E-state index in [4.69, 9.17) is 5.73 Å². The van der Waals surface area contributed by atoms with E-state index in [1.807, 2.05) is 0 Å². The third-order valence-corrected chi connectivity index (χ3v) is 5.46. The molecule has 0 aromatic heterocycles. The van der Waals surface area contributed by atoms with Crippen LogP contribution >= 0.6 is 0 Å². The number of nitrogens with two attached hydrogens (primary N) is 1. The summed E-state index contributed by atoms with van der Waals surface area (Å²) < 4.78 is 39.5. The second-order valence-corrected chi connectivity index (χ2v) is 6.85. The summed E-state index contributed by atoms with van der Waals surface area (Å²) in [4.78, 5) is 12.9. The summed E-state index contributed by atoms with van der Waals surface area (Å²) >= 11 is 0. The van der Waals surface area contributed by atoms with E-state index in [1.165, 1.54) is 17.3 Å². The van der Waals surface area contributed by atoms with Gasteiger partial charge in [0, 0.05) is 33.1 Å². The third kappa shape index (κ3) is 3.33. The lowest BCUT2D eigenvalue weighted by atomic mass is 10.3. The van der Waals surface area contributed by atoms with Crippen LogP contribution in [-0.4, -0.2) is 49.7 Å². The van der Waals surface area contributed by atoms with Gasteiger partial charge in [0.05, 0.1) is 5.69 Å². The molecule has 116 valence electrons. The molecule has 0 saturated carbocycles. The van der Waals surface area contributed by atoms with Crippen LogP contribution in [0.15, 0.2) is 23.1 Å². The number of nitrogen functional groups attached to an aromatic ring is 1. The van der Waals surface area contributed by atoms with Gasteiger partial charge in [0.2, 0.25) is 15.9 Å². The number of amides is 1. The molecule has 0 radical (unpaired) electrons. The fourth-order valence-corrected chi connectivity index (χ4v) is 3.91. The zero-order chi connectivity index (χ0) is 15.6. The van der Waals surface area contributed by atoms with Crippen molar-refractivity contribution in [3.8, 4) is 0 Å². The normalized spacial score (nSPS) is 17.5. The molecule has 1 aromatic rings. The maximum absolute atomic E-state index is 13.1. The molecule has 1 aliphatic heterocycles. The average Bonchev–Trinajstić information content (AvgIpc) is 2.64. The molecule has 0 aliphatic carbocycles. The van der Waals surface area contributed by atoms with Crippen molar-refractivity contribution < 1.29 is 17.6 Å². The molecular formula is C13H18FN3O3S. The number of hydrogen-bond acceptors (Lipinski definition) is 4.